The molecule has 0 N–H and O–H groups in total. The lowest BCUT2D eigenvalue weighted by atomic mass is 9.99. The average Bonchev–Trinajstić information content (AvgIpc) is 2.59. The van der Waals surface area contributed by atoms with Gasteiger partial charge in [-0.1, -0.05) is 39.0 Å². The summed E-state index contributed by atoms with van der Waals surface area (Å²) in [6, 6.07) is 10.2. The summed E-state index contributed by atoms with van der Waals surface area (Å²) in [7, 11) is 0. The van der Waals surface area contributed by atoms with Crippen molar-refractivity contribution in [2.45, 2.75) is 37.0 Å². The van der Waals surface area contributed by atoms with Gasteiger partial charge in [-0.15, -0.1) is 11.8 Å². The number of benzene rings is 1. The fourth-order valence-electron chi connectivity index (χ4n) is 2.07. The third kappa shape index (κ3) is 2.65. The third-order valence-corrected chi connectivity index (χ3v) is 4.61. The molecule has 1 aromatic carbocycles. The van der Waals surface area contributed by atoms with E-state index in [0.717, 1.165) is 0 Å². The average molecular weight is 250 g/mol. The first-order valence-electron chi connectivity index (χ1n) is 6.02. The molecule has 1 aliphatic heterocycles. The van der Waals surface area contributed by atoms with Crippen LogP contribution in [-0.4, -0.2) is 17.3 Å². The molecule has 0 bridgehead atoms. The highest BCUT2D eigenvalue weighted by Crippen LogP contribution is 2.39. The summed E-state index contributed by atoms with van der Waals surface area (Å²) in [5, 5.41) is 0.227. The Morgan fingerprint density at radius 3 is 2.47 bits per heavy atom. The van der Waals surface area contributed by atoms with Crippen molar-refractivity contribution in [1.82, 2.24) is 0 Å². The number of cyclic esters (lactones) is 1. The molecule has 1 fully saturated rings. The Labute approximate surface area is 107 Å². The molecule has 3 heteroatoms. The molecule has 3 atom stereocenters. The van der Waals surface area contributed by atoms with E-state index < -0.39 is 0 Å². The van der Waals surface area contributed by atoms with Crippen molar-refractivity contribution in [3.8, 4) is 0 Å². The van der Waals surface area contributed by atoms with E-state index in [0.29, 0.717) is 5.92 Å². The second kappa shape index (κ2) is 5.13. The lowest BCUT2D eigenvalue weighted by molar-refractivity contribution is -0.145. The first kappa shape index (κ1) is 12.5. The Kier molecular flexibility index (Phi) is 3.77. The van der Waals surface area contributed by atoms with Crippen molar-refractivity contribution in [2.75, 3.05) is 0 Å². The van der Waals surface area contributed by atoms with Crippen LogP contribution in [0.15, 0.2) is 35.2 Å². The topological polar surface area (TPSA) is 26.3 Å². The maximum absolute atomic E-state index is 11.7. The molecule has 2 rings (SSSR count). The Bertz CT molecular complexity index is 388. The molecule has 0 aliphatic carbocycles. The Morgan fingerprint density at radius 2 is 1.88 bits per heavy atom. The minimum absolute atomic E-state index is 0.0207. The van der Waals surface area contributed by atoms with Crippen LogP contribution in [-0.2, 0) is 9.53 Å². The van der Waals surface area contributed by atoms with Gasteiger partial charge in [0, 0.05) is 4.90 Å². The molecule has 1 saturated heterocycles. The van der Waals surface area contributed by atoms with E-state index >= 15 is 0 Å². The van der Waals surface area contributed by atoms with E-state index in [2.05, 4.69) is 26.0 Å². The van der Waals surface area contributed by atoms with Crippen LogP contribution in [0.25, 0.3) is 0 Å². The highest BCUT2D eigenvalue weighted by molar-refractivity contribution is 8.00. The largest absolute Gasteiger partial charge is 0.461 e. The molecule has 0 unspecified atom stereocenters. The molecule has 1 heterocycles. The maximum Gasteiger partial charge on any atom is 0.310 e. The molecule has 1 aliphatic rings. The van der Waals surface area contributed by atoms with Gasteiger partial charge in [-0.25, -0.2) is 0 Å². The predicted molar refractivity (Wildman–Crippen MR) is 70.0 cm³/mol. The third-order valence-electron chi connectivity index (χ3n) is 3.11. The van der Waals surface area contributed by atoms with Gasteiger partial charge in [0.15, 0.2) is 0 Å². The maximum atomic E-state index is 11.7. The summed E-state index contributed by atoms with van der Waals surface area (Å²) < 4.78 is 5.46. The van der Waals surface area contributed by atoms with Crippen molar-refractivity contribution < 1.29 is 9.53 Å². The summed E-state index contributed by atoms with van der Waals surface area (Å²) in [5.74, 6) is 0.287. The summed E-state index contributed by atoms with van der Waals surface area (Å²) in [6.45, 7) is 6.18. The van der Waals surface area contributed by atoms with Gasteiger partial charge in [0.25, 0.3) is 0 Å². The number of carbonyl (C=O) groups is 1. The lowest BCUT2D eigenvalue weighted by Gasteiger charge is -2.21. The van der Waals surface area contributed by atoms with E-state index in [1.807, 2.05) is 25.1 Å². The van der Waals surface area contributed by atoms with Crippen LogP contribution < -0.4 is 0 Å². The highest BCUT2D eigenvalue weighted by Gasteiger charge is 2.43. The molecular formula is C14H18O2S. The number of hydrogen-bond donors (Lipinski definition) is 0. The van der Waals surface area contributed by atoms with E-state index in [1.165, 1.54) is 4.90 Å². The van der Waals surface area contributed by atoms with Gasteiger partial charge in [0.05, 0.1) is 11.2 Å². The van der Waals surface area contributed by atoms with Gasteiger partial charge in [0.1, 0.15) is 6.10 Å². The second-order valence-electron chi connectivity index (χ2n) is 4.83. The van der Waals surface area contributed by atoms with Gasteiger partial charge >= 0.3 is 5.97 Å². The highest BCUT2D eigenvalue weighted by atomic mass is 32.2. The number of rotatable bonds is 3. The Hall–Kier alpha value is -0.960. The van der Waals surface area contributed by atoms with E-state index in [4.69, 9.17) is 4.74 Å². The van der Waals surface area contributed by atoms with Crippen LogP contribution >= 0.6 is 11.8 Å². The number of hydrogen-bond acceptors (Lipinski definition) is 3. The van der Waals surface area contributed by atoms with Crippen molar-refractivity contribution >= 4 is 17.7 Å². The predicted octanol–water partition coefficient (Wildman–Crippen LogP) is 3.36. The zero-order chi connectivity index (χ0) is 12.4. The summed E-state index contributed by atoms with van der Waals surface area (Å²) in [4.78, 5) is 12.9. The van der Waals surface area contributed by atoms with Crippen molar-refractivity contribution in [2.24, 2.45) is 11.8 Å². The molecule has 0 saturated carbocycles. The normalized spacial score (nSPS) is 28.5. The molecular weight excluding hydrogens is 232 g/mol. The molecule has 0 radical (unpaired) electrons. The fourth-order valence-corrected chi connectivity index (χ4v) is 3.52. The molecule has 0 aromatic heterocycles. The fraction of sp³-hybridized carbons (Fsp3) is 0.500. The van der Waals surface area contributed by atoms with E-state index in [9.17, 15) is 4.79 Å². The van der Waals surface area contributed by atoms with Crippen LogP contribution in [0, 0.1) is 11.8 Å². The summed E-state index contributed by atoms with van der Waals surface area (Å²) >= 11 is 1.75. The second-order valence-corrected chi connectivity index (χ2v) is 6.08. The summed E-state index contributed by atoms with van der Waals surface area (Å²) in [6.07, 6.45) is 0.0303. The number of carbonyl (C=O) groups excluding carboxylic acids is 1. The molecule has 1 aromatic rings. The van der Waals surface area contributed by atoms with Crippen molar-refractivity contribution in [3.05, 3.63) is 30.3 Å². The minimum Gasteiger partial charge on any atom is -0.461 e. The molecule has 2 nitrogen and oxygen atoms in total. The van der Waals surface area contributed by atoms with Gasteiger partial charge in [-0.2, -0.15) is 0 Å². The first-order valence-corrected chi connectivity index (χ1v) is 6.89. The number of ether oxygens (including phenoxy) is 1. The van der Waals surface area contributed by atoms with Crippen LogP contribution in [0.2, 0.25) is 0 Å². The molecule has 0 spiro atoms. The number of thioether (sulfide) groups is 1. The monoisotopic (exact) mass is 250 g/mol. The van der Waals surface area contributed by atoms with Gasteiger partial charge in [-0.05, 0) is 18.1 Å². The van der Waals surface area contributed by atoms with Gasteiger partial charge in [0.2, 0.25) is 0 Å². The molecule has 0 amide bonds. The lowest BCUT2D eigenvalue weighted by Crippen LogP contribution is -2.27. The quantitative estimate of drug-likeness (QED) is 0.769. The SMILES string of the molecule is CC(C)[C@@H]1OC(=O)[C@H](C)[C@H]1Sc1ccccc1. The zero-order valence-electron chi connectivity index (χ0n) is 10.4. The van der Waals surface area contributed by atoms with Crippen LogP contribution in [0.1, 0.15) is 20.8 Å². The smallest absolute Gasteiger partial charge is 0.310 e. The van der Waals surface area contributed by atoms with Crippen LogP contribution in [0.3, 0.4) is 0 Å². The Morgan fingerprint density at radius 1 is 1.24 bits per heavy atom. The van der Waals surface area contributed by atoms with E-state index in [-0.39, 0.29) is 23.2 Å². The Balaban J connectivity index is 2.15. The summed E-state index contributed by atoms with van der Waals surface area (Å²) in [5.41, 5.74) is 0. The standard InChI is InChI=1S/C14H18O2S/c1-9(2)12-13(10(3)14(15)16-12)17-11-7-5-4-6-8-11/h4-10,12-13H,1-3H3/t10-,12+,13-/m1/s1. The minimum atomic E-state index is -0.0582. The zero-order valence-corrected chi connectivity index (χ0v) is 11.2. The first-order chi connectivity index (χ1) is 8.09. The van der Waals surface area contributed by atoms with Crippen LogP contribution in [0.5, 0.6) is 0 Å². The van der Waals surface area contributed by atoms with Gasteiger partial charge in [-0.3, -0.25) is 4.79 Å². The van der Waals surface area contributed by atoms with Crippen LogP contribution in [0.4, 0.5) is 0 Å². The molecule has 92 valence electrons. The number of esters is 1. The van der Waals surface area contributed by atoms with E-state index in [1.54, 1.807) is 11.8 Å². The molecule has 17 heavy (non-hydrogen) atoms. The van der Waals surface area contributed by atoms with Crippen molar-refractivity contribution in [3.63, 3.8) is 0 Å². The van der Waals surface area contributed by atoms with Gasteiger partial charge < -0.3 is 4.74 Å². The van der Waals surface area contributed by atoms with Crippen molar-refractivity contribution in [1.29, 1.82) is 0 Å².